The molecule has 3 atom stereocenters. The highest BCUT2D eigenvalue weighted by Gasteiger charge is 2.51. The van der Waals surface area contributed by atoms with Crippen molar-refractivity contribution in [1.29, 1.82) is 0 Å². The van der Waals surface area contributed by atoms with Gasteiger partial charge in [0.15, 0.2) is 5.78 Å². The molecular weight excluding hydrogens is 498 g/mol. The first-order valence-corrected chi connectivity index (χ1v) is 17.5. The van der Waals surface area contributed by atoms with Crippen LogP contribution in [0.15, 0.2) is 54.4 Å². The van der Waals surface area contributed by atoms with E-state index >= 15 is 0 Å². The molecule has 1 saturated carbocycles. The summed E-state index contributed by atoms with van der Waals surface area (Å²) in [6, 6.07) is 10.4. The van der Waals surface area contributed by atoms with E-state index in [1.54, 1.807) is 0 Å². The van der Waals surface area contributed by atoms with Crippen LogP contribution in [-0.4, -0.2) is 37.0 Å². The molecule has 1 aromatic rings. The van der Waals surface area contributed by atoms with E-state index in [0.717, 1.165) is 43.7 Å². The molecule has 3 rings (SSSR count). The second-order valence-electron chi connectivity index (χ2n) is 13.4. The van der Waals surface area contributed by atoms with Crippen LogP contribution >= 0.6 is 0 Å². The predicted octanol–water partition coefficient (Wildman–Crippen LogP) is 9.37. The van der Waals surface area contributed by atoms with Crippen molar-refractivity contribution >= 4 is 20.0 Å². The van der Waals surface area contributed by atoms with Gasteiger partial charge < -0.3 is 4.74 Å². The number of hydrogen-bond donors (Lipinski definition) is 0. The fourth-order valence-electron chi connectivity index (χ4n) is 8.11. The zero-order valence-electron chi connectivity index (χ0n) is 25.8. The highest BCUT2D eigenvalue weighted by molar-refractivity contribution is 6.93. The van der Waals surface area contributed by atoms with Gasteiger partial charge >= 0.3 is 6.09 Å². The number of benzene rings is 1. The maximum atomic E-state index is 14.1. The number of amides is 1. The number of rotatable bonds is 10. The van der Waals surface area contributed by atoms with E-state index in [9.17, 15) is 9.59 Å². The summed E-state index contributed by atoms with van der Waals surface area (Å²) in [7, 11) is -2.24. The molecule has 0 unspecified atom stereocenters. The molecule has 2 aliphatic rings. The standard InChI is InChI=1S/C34H53NO3Si/c1-10-11-19-28-22-30(36)32(39(24(2)3,25(4)5)26(6)7)23-35(28)33(37)38-31-21-16-15-20-29(31)34(8,9)27-17-13-12-14-18-27/h10,12-14,17-18,23-26,28-29,31H,1,11,15-16,19-22H2,2-9H3/t28-,29-,31-/m1/s1. The van der Waals surface area contributed by atoms with Gasteiger partial charge in [-0.05, 0) is 64.9 Å². The van der Waals surface area contributed by atoms with E-state index in [2.05, 4.69) is 92.3 Å². The number of ketones is 1. The molecule has 1 aliphatic carbocycles. The predicted molar refractivity (Wildman–Crippen MR) is 166 cm³/mol. The summed E-state index contributed by atoms with van der Waals surface area (Å²) in [5.74, 6) is 0.478. The fourth-order valence-corrected chi connectivity index (χ4v) is 14.9. The molecule has 5 heteroatoms. The highest BCUT2D eigenvalue weighted by Crippen LogP contribution is 2.48. The van der Waals surface area contributed by atoms with Gasteiger partial charge in [0.2, 0.25) is 0 Å². The molecule has 1 aliphatic heterocycles. The normalized spacial score (nSPS) is 22.8. The third kappa shape index (κ3) is 6.29. The molecule has 1 amide bonds. The second kappa shape index (κ2) is 13.0. The third-order valence-corrected chi connectivity index (χ3v) is 17.1. The van der Waals surface area contributed by atoms with Gasteiger partial charge in [-0.1, -0.05) is 98.2 Å². The largest absolute Gasteiger partial charge is 0.446 e. The molecule has 1 heterocycles. The summed E-state index contributed by atoms with van der Waals surface area (Å²) in [5, 5.41) is 0.930. The van der Waals surface area contributed by atoms with Crippen LogP contribution in [0.3, 0.4) is 0 Å². The van der Waals surface area contributed by atoms with Crippen molar-refractivity contribution in [3.63, 3.8) is 0 Å². The molecule has 0 spiro atoms. The number of hydrogen-bond acceptors (Lipinski definition) is 3. The summed E-state index contributed by atoms with van der Waals surface area (Å²) < 4.78 is 6.46. The zero-order valence-corrected chi connectivity index (χ0v) is 26.8. The highest BCUT2D eigenvalue weighted by atomic mass is 28.3. The van der Waals surface area contributed by atoms with Crippen LogP contribution in [0, 0.1) is 5.92 Å². The number of carbonyl (C=O) groups is 2. The van der Waals surface area contributed by atoms with Crippen LogP contribution in [0.4, 0.5) is 4.79 Å². The smallest absolute Gasteiger partial charge is 0.414 e. The minimum Gasteiger partial charge on any atom is -0.446 e. The van der Waals surface area contributed by atoms with Gasteiger partial charge in [-0.2, -0.15) is 0 Å². The molecule has 0 bridgehead atoms. The lowest BCUT2D eigenvalue weighted by molar-refractivity contribution is -0.116. The van der Waals surface area contributed by atoms with Crippen LogP contribution in [0.1, 0.15) is 106 Å². The maximum Gasteiger partial charge on any atom is 0.414 e. The molecule has 0 aromatic heterocycles. The Morgan fingerprint density at radius 2 is 1.64 bits per heavy atom. The van der Waals surface area contributed by atoms with Gasteiger partial charge in [-0.25, -0.2) is 4.79 Å². The van der Waals surface area contributed by atoms with Crippen molar-refractivity contribution in [2.24, 2.45) is 5.92 Å². The topological polar surface area (TPSA) is 46.6 Å². The number of nitrogens with zero attached hydrogens (tertiary/aromatic N) is 1. The monoisotopic (exact) mass is 551 g/mol. The average Bonchev–Trinajstić information content (AvgIpc) is 2.88. The molecule has 216 valence electrons. The van der Waals surface area contributed by atoms with Crippen LogP contribution in [0.5, 0.6) is 0 Å². The van der Waals surface area contributed by atoms with Gasteiger partial charge in [-0.3, -0.25) is 9.69 Å². The van der Waals surface area contributed by atoms with Crippen molar-refractivity contribution in [2.75, 3.05) is 0 Å². The van der Waals surface area contributed by atoms with Gasteiger partial charge in [0.25, 0.3) is 0 Å². The second-order valence-corrected chi connectivity index (χ2v) is 19.3. The molecule has 0 radical (unpaired) electrons. The maximum absolute atomic E-state index is 14.1. The van der Waals surface area contributed by atoms with Crippen LogP contribution in [0.2, 0.25) is 16.6 Å². The number of Topliss-reactive ketones (excluding diaryl/α,β-unsaturated/α-hetero) is 1. The Balaban J connectivity index is 1.99. The number of carbonyl (C=O) groups excluding carboxylic acids is 2. The summed E-state index contributed by atoms with van der Waals surface area (Å²) in [6.07, 6.45) is 9.42. The van der Waals surface area contributed by atoms with Crippen LogP contribution in [-0.2, 0) is 14.9 Å². The summed E-state index contributed by atoms with van der Waals surface area (Å²) >= 11 is 0. The molecule has 1 fully saturated rings. The molecule has 0 saturated heterocycles. The van der Waals surface area contributed by atoms with Crippen LogP contribution < -0.4 is 0 Å². The van der Waals surface area contributed by atoms with E-state index in [4.69, 9.17) is 4.74 Å². The number of ether oxygens (including phenoxy) is 1. The Bertz CT molecular complexity index is 1000. The van der Waals surface area contributed by atoms with Gasteiger partial charge in [0.05, 0.1) is 0 Å². The number of allylic oxidation sites excluding steroid dienone is 2. The van der Waals surface area contributed by atoms with E-state index < -0.39 is 8.07 Å². The summed E-state index contributed by atoms with van der Waals surface area (Å²) in [5.41, 5.74) is 2.36. The SMILES string of the molecule is C=CCC[C@@H]1CC(=O)C([Si](C(C)C)(C(C)C)C(C)C)=CN1C(=O)O[C@@H]1CCCC[C@H]1C(C)(C)c1ccccc1. The van der Waals surface area contributed by atoms with Crippen molar-refractivity contribution in [3.05, 3.63) is 59.9 Å². The average molecular weight is 552 g/mol. The molecular formula is C34H53NO3Si. The molecule has 4 nitrogen and oxygen atoms in total. The Morgan fingerprint density at radius 1 is 1.05 bits per heavy atom. The van der Waals surface area contributed by atoms with E-state index in [1.807, 2.05) is 17.2 Å². The molecule has 0 N–H and O–H groups in total. The lowest BCUT2D eigenvalue weighted by atomic mass is 9.66. The lowest BCUT2D eigenvalue weighted by Crippen LogP contribution is -2.54. The fraction of sp³-hybridized carbons (Fsp3) is 0.647. The first-order chi connectivity index (χ1) is 18.4. The third-order valence-electron chi connectivity index (χ3n) is 10.0. The molecule has 1 aromatic carbocycles. The van der Waals surface area contributed by atoms with Crippen molar-refractivity contribution in [2.45, 2.75) is 135 Å². The van der Waals surface area contributed by atoms with E-state index in [0.29, 0.717) is 23.0 Å². The van der Waals surface area contributed by atoms with E-state index in [-0.39, 0.29) is 35.4 Å². The molecule has 39 heavy (non-hydrogen) atoms. The van der Waals surface area contributed by atoms with Gasteiger partial charge in [0.1, 0.15) is 14.2 Å². The van der Waals surface area contributed by atoms with Crippen molar-refractivity contribution < 1.29 is 14.3 Å². The lowest BCUT2D eigenvalue weighted by Gasteiger charge is -2.47. The Hall–Kier alpha value is -2.14. The Kier molecular flexibility index (Phi) is 10.5. The van der Waals surface area contributed by atoms with Crippen molar-refractivity contribution in [1.82, 2.24) is 4.90 Å². The Morgan fingerprint density at radius 3 is 2.21 bits per heavy atom. The van der Waals surface area contributed by atoms with E-state index in [1.165, 1.54) is 5.56 Å². The zero-order chi connectivity index (χ0) is 29.0. The summed E-state index contributed by atoms with van der Waals surface area (Å²) in [6.45, 7) is 22.1. The minimum absolute atomic E-state index is 0.108. The van der Waals surface area contributed by atoms with Crippen LogP contribution in [0.25, 0.3) is 0 Å². The first kappa shape index (κ1) is 31.4. The first-order valence-electron chi connectivity index (χ1n) is 15.3. The summed E-state index contributed by atoms with van der Waals surface area (Å²) in [4.78, 5) is 29.7. The Labute approximate surface area is 239 Å². The quantitative estimate of drug-likeness (QED) is 0.215. The minimum atomic E-state index is -2.24. The van der Waals surface area contributed by atoms with Crippen molar-refractivity contribution in [3.8, 4) is 0 Å². The van der Waals surface area contributed by atoms with Gasteiger partial charge in [-0.15, -0.1) is 6.58 Å². The van der Waals surface area contributed by atoms with Gasteiger partial charge in [0, 0.05) is 24.6 Å².